The third-order valence-corrected chi connectivity index (χ3v) is 2.81. The van der Waals surface area contributed by atoms with Gasteiger partial charge in [-0.3, -0.25) is 4.79 Å². The first-order valence-electron chi connectivity index (χ1n) is 5.90. The quantitative estimate of drug-likeness (QED) is 0.698. The highest BCUT2D eigenvalue weighted by atomic mass is 16.3. The molecule has 0 aliphatic rings. The summed E-state index contributed by atoms with van der Waals surface area (Å²) in [5.74, 6) is 0.513. The van der Waals surface area contributed by atoms with Gasteiger partial charge in [0, 0.05) is 13.0 Å². The molecule has 94 valence electrons. The molecule has 1 unspecified atom stereocenters. The fourth-order valence-electron chi connectivity index (χ4n) is 1.54. The molecular weight excluding hydrogens is 216 g/mol. The molecule has 0 aliphatic carbocycles. The minimum Gasteiger partial charge on any atom is -0.508 e. The first-order valence-corrected chi connectivity index (χ1v) is 5.90. The van der Waals surface area contributed by atoms with E-state index in [2.05, 4.69) is 5.32 Å². The lowest BCUT2D eigenvalue weighted by Crippen LogP contribution is -2.27. The van der Waals surface area contributed by atoms with Gasteiger partial charge in [0.2, 0.25) is 5.91 Å². The molecule has 1 aromatic rings. The summed E-state index contributed by atoms with van der Waals surface area (Å²) in [7, 11) is 0. The molecular formula is C13H20N2O2. The van der Waals surface area contributed by atoms with Gasteiger partial charge in [0.1, 0.15) is 5.75 Å². The highest BCUT2D eigenvalue weighted by molar-refractivity contribution is 5.76. The molecule has 4 N–H and O–H groups in total. The Morgan fingerprint density at radius 3 is 2.59 bits per heavy atom. The van der Waals surface area contributed by atoms with Crippen LogP contribution in [0.3, 0.4) is 0 Å². The molecule has 0 radical (unpaired) electrons. The SMILES string of the molecule is CCC(CN)CC(=O)NCc1ccc(O)cc1. The normalized spacial score (nSPS) is 12.1. The first kappa shape index (κ1) is 13.5. The monoisotopic (exact) mass is 236 g/mol. The number of nitrogens with two attached hydrogens (primary N) is 1. The van der Waals surface area contributed by atoms with Crippen molar-refractivity contribution in [3.05, 3.63) is 29.8 Å². The van der Waals surface area contributed by atoms with E-state index in [-0.39, 0.29) is 17.6 Å². The largest absolute Gasteiger partial charge is 0.508 e. The molecule has 0 aliphatic heterocycles. The highest BCUT2D eigenvalue weighted by Crippen LogP contribution is 2.10. The molecule has 4 nitrogen and oxygen atoms in total. The van der Waals surface area contributed by atoms with Gasteiger partial charge in [-0.15, -0.1) is 0 Å². The number of hydrogen-bond acceptors (Lipinski definition) is 3. The number of hydrogen-bond donors (Lipinski definition) is 3. The van der Waals surface area contributed by atoms with E-state index in [1.807, 2.05) is 6.92 Å². The summed E-state index contributed by atoms with van der Waals surface area (Å²) >= 11 is 0. The predicted octanol–water partition coefficient (Wildman–Crippen LogP) is 1.38. The molecule has 0 aromatic heterocycles. The molecule has 1 atom stereocenters. The molecule has 1 rings (SSSR count). The Morgan fingerprint density at radius 2 is 2.06 bits per heavy atom. The number of carbonyl (C=O) groups excluding carboxylic acids is 1. The van der Waals surface area contributed by atoms with Crippen LogP contribution >= 0.6 is 0 Å². The van der Waals surface area contributed by atoms with Crippen LogP contribution in [0.15, 0.2) is 24.3 Å². The molecule has 1 aromatic carbocycles. The maximum absolute atomic E-state index is 11.6. The molecule has 0 spiro atoms. The number of amides is 1. The average molecular weight is 236 g/mol. The fourth-order valence-corrected chi connectivity index (χ4v) is 1.54. The zero-order valence-electron chi connectivity index (χ0n) is 10.1. The van der Waals surface area contributed by atoms with E-state index in [4.69, 9.17) is 10.8 Å². The van der Waals surface area contributed by atoms with Crippen molar-refractivity contribution in [3.63, 3.8) is 0 Å². The minimum atomic E-state index is 0.0235. The number of phenols is 1. The fraction of sp³-hybridized carbons (Fsp3) is 0.462. The van der Waals surface area contributed by atoms with Gasteiger partial charge >= 0.3 is 0 Å². The van der Waals surface area contributed by atoms with E-state index in [0.29, 0.717) is 19.5 Å². The Kier molecular flexibility index (Phi) is 5.49. The van der Waals surface area contributed by atoms with Crippen LogP contribution in [0.5, 0.6) is 5.75 Å². The number of aromatic hydroxyl groups is 1. The molecule has 4 heteroatoms. The first-order chi connectivity index (χ1) is 8.15. The van der Waals surface area contributed by atoms with Crippen molar-refractivity contribution in [2.75, 3.05) is 6.54 Å². The lowest BCUT2D eigenvalue weighted by Gasteiger charge is -2.12. The second-order valence-electron chi connectivity index (χ2n) is 4.16. The summed E-state index contributed by atoms with van der Waals surface area (Å²) in [6, 6.07) is 6.79. The second kappa shape index (κ2) is 6.91. The third kappa shape index (κ3) is 4.87. The van der Waals surface area contributed by atoms with E-state index in [1.165, 1.54) is 0 Å². The third-order valence-electron chi connectivity index (χ3n) is 2.81. The van der Waals surface area contributed by atoms with E-state index in [9.17, 15) is 4.79 Å². The van der Waals surface area contributed by atoms with Crippen molar-refractivity contribution in [3.8, 4) is 5.75 Å². The zero-order chi connectivity index (χ0) is 12.7. The summed E-state index contributed by atoms with van der Waals surface area (Å²) in [5, 5.41) is 12.0. The smallest absolute Gasteiger partial charge is 0.220 e. The Morgan fingerprint density at radius 1 is 1.41 bits per heavy atom. The summed E-state index contributed by atoms with van der Waals surface area (Å²) < 4.78 is 0. The maximum atomic E-state index is 11.6. The van der Waals surface area contributed by atoms with Gasteiger partial charge in [-0.2, -0.15) is 0 Å². The lowest BCUT2D eigenvalue weighted by molar-refractivity contribution is -0.122. The molecule has 1 amide bonds. The van der Waals surface area contributed by atoms with Crippen LogP contribution in [-0.4, -0.2) is 17.6 Å². The van der Waals surface area contributed by atoms with Crippen LogP contribution in [-0.2, 0) is 11.3 Å². The zero-order valence-corrected chi connectivity index (χ0v) is 10.1. The molecule has 17 heavy (non-hydrogen) atoms. The summed E-state index contributed by atoms with van der Waals surface area (Å²) in [6.45, 7) is 3.06. The van der Waals surface area contributed by atoms with Crippen LogP contribution in [0, 0.1) is 5.92 Å². The van der Waals surface area contributed by atoms with Gasteiger partial charge in [0.15, 0.2) is 0 Å². The van der Waals surface area contributed by atoms with Gasteiger partial charge in [-0.25, -0.2) is 0 Å². The predicted molar refractivity (Wildman–Crippen MR) is 67.4 cm³/mol. The summed E-state index contributed by atoms with van der Waals surface area (Å²) in [6.07, 6.45) is 1.40. The standard InChI is InChI=1S/C13H20N2O2/c1-2-10(8-14)7-13(17)15-9-11-3-5-12(16)6-4-11/h3-6,10,16H,2,7-9,14H2,1H3,(H,15,17). The van der Waals surface area contributed by atoms with Crippen molar-refractivity contribution in [1.29, 1.82) is 0 Å². The van der Waals surface area contributed by atoms with E-state index in [1.54, 1.807) is 24.3 Å². The molecule has 0 heterocycles. The Labute approximate surface area is 102 Å². The van der Waals surface area contributed by atoms with E-state index in [0.717, 1.165) is 12.0 Å². The van der Waals surface area contributed by atoms with Crippen LogP contribution in [0.1, 0.15) is 25.3 Å². The topological polar surface area (TPSA) is 75.4 Å². The van der Waals surface area contributed by atoms with E-state index < -0.39 is 0 Å². The number of benzene rings is 1. The number of phenolic OH excluding ortho intramolecular Hbond substituents is 1. The van der Waals surface area contributed by atoms with Crippen molar-refractivity contribution in [1.82, 2.24) is 5.32 Å². The average Bonchev–Trinajstić information content (AvgIpc) is 2.35. The van der Waals surface area contributed by atoms with Crippen LogP contribution in [0.4, 0.5) is 0 Å². The van der Waals surface area contributed by atoms with Crippen LogP contribution in [0.2, 0.25) is 0 Å². The number of nitrogens with one attached hydrogen (secondary N) is 1. The van der Waals surface area contributed by atoms with Crippen molar-refractivity contribution >= 4 is 5.91 Å². The van der Waals surface area contributed by atoms with Crippen molar-refractivity contribution in [2.45, 2.75) is 26.3 Å². The van der Waals surface area contributed by atoms with Crippen LogP contribution < -0.4 is 11.1 Å². The van der Waals surface area contributed by atoms with Gasteiger partial charge in [-0.05, 0) is 30.2 Å². The van der Waals surface area contributed by atoms with Crippen LogP contribution in [0.25, 0.3) is 0 Å². The van der Waals surface area contributed by atoms with E-state index >= 15 is 0 Å². The Bertz CT molecular complexity index is 345. The summed E-state index contributed by atoms with van der Waals surface area (Å²) in [4.78, 5) is 11.6. The molecule has 0 saturated heterocycles. The van der Waals surface area contributed by atoms with Gasteiger partial charge in [0.25, 0.3) is 0 Å². The number of rotatable bonds is 6. The highest BCUT2D eigenvalue weighted by Gasteiger charge is 2.09. The minimum absolute atomic E-state index is 0.0235. The lowest BCUT2D eigenvalue weighted by atomic mass is 10.0. The summed E-state index contributed by atoms with van der Waals surface area (Å²) in [5.41, 5.74) is 6.52. The van der Waals surface area contributed by atoms with Crippen molar-refractivity contribution < 1.29 is 9.90 Å². The molecule has 0 bridgehead atoms. The Balaban J connectivity index is 2.35. The van der Waals surface area contributed by atoms with Crippen molar-refractivity contribution in [2.24, 2.45) is 11.7 Å². The molecule has 0 saturated carbocycles. The second-order valence-corrected chi connectivity index (χ2v) is 4.16. The maximum Gasteiger partial charge on any atom is 0.220 e. The van der Waals surface area contributed by atoms with Gasteiger partial charge in [0.05, 0.1) is 0 Å². The molecule has 0 fully saturated rings. The van der Waals surface area contributed by atoms with Gasteiger partial charge in [-0.1, -0.05) is 25.5 Å². The van der Waals surface area contributed by atoms with Gasteiger partial charge < -0.3 is 16.2 Å². The number of carbonyl (C=O) groups is 1. The Hall–Kier alpha value is -1.55.